The maximum atomic E-state index is 11.4. The Morgan fingerprint density at radius 3 is 2.70 bits per heavy atom. The molecule has 6 heteroatoms. The molecule has 0 spiro atoms. The Bertz CT molecular complexity index is 902. The van der Waals surface area contributed by atoms with Crippen molar-refractivity contribution in [1.29, 1.82) is 0 Å². The summed E-state index contributed by atoms with van der Waals surface area (Å²) in [5.41, 5.74) is 3.36. The number of hydrogen-bond acceptors (Lipinski definition) is 5. The first-order chi connectivity index (χ1) is 11.0. The third kappa shape index (κ3) is 2.90. The first-order valence-corrected chi connectivity index (χ1v) is 8.00. The van der Waals surface area contributed by atoms with Crippen LogP contribution in [0.25, 0.3) is 21.5 Å². The SMILES string of the molecule is COc1ccc(NC(C)=O)c2c(C)cc(-c3cnc(C)s3)nc12. The summed E-state index contributed by atoms with van der Waals surface area (Å²) >= 11 is 1.60. The number of amides is 1. The number of carbonyl (C=O) groups is 1. The van der Waals surface area contributed by atoms with Gasteiger partial charge in [-0.05, 0) is 37.6 Å². The Kier molecular flexibility index (Phi) is 4.00. The molecule has 0 saturated carbocycles. The Hall–Kier alpha value is -2.47. The molecule has 0 radical (unpaired) electrons. The smallest absolute Gasteiger partial charge is 0.221 e. The average molecular weight is 327 g/mol. The number of ether oxygens (including phenoxy) is 1. The quantitative estimate of drug-likeness (QED) is 0.791. The molecule has 3 aromatic rings. The van der Waals surface area contributed by atoms with Gasteiger partial charge in [0, 0.05) is 18.5 Å². The van der Waals surface area contributed by atoms with E-state index in [1.165, 1.54) is 6.92 Å². The predicted octanol–water partition coefficient (Wildman–Crippen LogP) is 3.94. The van der Waals surface area contributed by atoms with E-state index in [2.05, 4.69) is 10.3 Å². The van der Waals surface area contributed by atoms with Gasteiger partial charge in [0.15, 0.2) is 0 Å². The number of nitrogens with zero attached hydrogens (tertiary/aromatic N) is 2. The maximum absolute atomic E-state index is 11.4. The highest BCUT2D eigenvalue weighted by Crippen LogP contribution is 2.36. The highest BCUT2D eigenvalue weighted by Gasteiger charge is 2.14. The zero-order chi connectivity index (χ0) is 16.6. The molecular formula is C17H17N3O2S. The molecule has 1 amide bonds. The lowest BCUT2D eigenvalue weighted by molar-refractivity contribution is -0.114. The molecule has 118 valence electrons. The summed E-state index contributed by atoms with van der Waals surface area (Å²) in [4.78, 5) is 21.5. The molecule has 23 heavy (non-hydrogen) atoms. The van der Waals surface area contributed by atoms with Gasteiger partial charge < -0.3 is 10.1 Å². The van der Waals surface area contributed by atoms with Crippen LogP contribution in [-0.2, 0) is 4.79 Å². The second-order valence-electron chi connectivity index (χ2n) is 5.29. The van der Waals surface area contributed by atoms with Crippen LogP contribution in [0.4, 0.5) is 5.69 Å². The number of fused-ring (bicyclic) bond motifs is 1. The van der Waals surface area contributed by atoms with E-state index < -0.39 is 0 Å². The van der Waals surface area contributed by atoms with Gasteiger partial charge in [0.05, 0.1) is 28.4 Å². The standard InChI is InChI=1S/C17H17N3O2S/c1-9-7-13(15-8-18-11(3)23-15)20-17-14(22-4)6-5-12(16(9)17)19-10(2)21/h5-8H,1-4H3,(H,19,21). The molecule has 0 atom stereocenters. The molecule has 1 aromatic carbocycles. The molecule has 0 bridgehead atoms. The largest absolute Gasteiger partial charge is 0.494 e. The van der Waals surface area contributed by atoms with Crippen LogP contribution in [0.3, 0.4) is 0 Å². The van der Waals surface area contributed by atoms with Crippen molar-refractivity contribution in [1.82, 2.24) is 9.97 Å². The number of benzene rings is 1. The summed E-state index contributed by atoms with van der Waals surface area (Å²) in [6.45, 7) is 5.47. The molecule has 2 aromatic heterocycles. The van der Waals surface area contributed by atoms with E-state index >= 15 is 0 Å². The third-order valence-electron chi connectivity index (χ3n) is 3.53. The highest BCUT2D eigenvalue weighted by molar-refractivity contribution is 7.15. The van der Waals surface area contributed by atoms with Crippen molar-refractivity contribution in [2.75, 3.05) is 12.4 Å². The molecule has 5 nitrogen and oxygen atoms in total. The number of carbonyl (C=O) groups excluding carboxylic acids is 1. The molecule has 0 saturated heterocycles. The van der Waals surface area contributed by atoms with Gasteiger partial charge in [-0.1, -0.05) is 0 Å². The number of hydrogen-bond donors (Lipinski definition) is 1. The molecule has 0 aliphatic heterocycles. The average Bonchev–Trinajstić information content (AvgIpc) is 2.93. The number of pyridine rings is 1. The Morgan fingerprint density at radius 1 is 1.30 bits per heavy atom. The van der Waals surface area contributed by atoms with Gasteiger partial charge in [-0.2, -0.15) is 0 Å². The predicted molar refractivity (Wildman–Crippen MR) is 93.2 cm³/mol. The molecule has 0 aliphatic carbocycles. The van der Waals surface area contributed by atoms with E-state index in [0.29, 0.717) is 5.75 Å². The zero-order valence-electron chi connectivity index (χ0n) is 13.4. The number of anilines is 1. The van der Waals surface area contributed by atoms with Crippen LogP contribution >= 0.6 is 11.3 Å². The Labute approximate surface area is 138 Å². The van der Waals surface area contributed by atoms with E-state index in [4.69, 9.17) is 9.72 Å². The fourth-order valence-corrected chi connectivity index (χ4v) is 3.31. The molecule has 0 unspecified atom stereocenters. The summed E-state index contributed by atoms with van der Waals surface area (Å²) < 4.78 is 5.45. The molecule has 0 aliphatic rings. The molecule has 2 heterocycles. The van der Waals surface area contributed by atoms with Crippen LogP contribution in [0, 0.1) is 13.8 Å². The number of aromatic nitrogens is 2. The van der Waals surface area contributed by atoms with Crippen LogP contribution in [0.2, 0.25) is 0 Å². The summed E-state index contributed by atoms with van der Waals surface area (Å²) in [6, 6.07) is 5.68. The van der Waals surface area contributed by atoms with E-state index in [-0.39, 0.29) is 5.91 Å². The minimum atomic E-state index is -0.113. The van der Waals surface area contributed by atoms with E-state index in [1.807, 2.05) is 38.2 Å². The third-order valence-corrected chi connectivity index (χ3v) is 4.46. The second kappa shape index (κ2) is 5.96. The van der Waals surface area contributed by atoms with Crippen molar-refractivity contribution in [3.63, 3.8) is 0 Å². The van der Waals surface area contributed by atoms with Crippen LogP contribution in [0.15, 0.2) is 24.4 Å². The van der Waals surface area contributed by atoms with Gasteiger partial charge >= 0.3 is 0 Å². The maximum Gasteiger partial charge on any atom is 0.221 e. The fourth-order valence-electron chi connectivity index (χ4n) is 2.58. The van der Waals surface area contributed by atoms with Gasteiger partial charge in [0.2, 0.25) is 5.91 Å². The lowest BCUT2D eigenvalue weighted by Crippen LogP contribution is -2.07. The zero-order valence-corrected chi connectivity index (χ0v) is 14.2. The molecular weight excluding hydrogens is 310 g/mol. The number of methoxy groups -OCH3 is 1. The number of rotatable bonds is 3. The van der Waals surface area contributed by atoms with Crippen LogP contribution in [-0.4, -0.2) is 23.0 Å². The number of aryl methyl sites for hydroxylation is 2. The van der Waals surface area contributed by atoms with Gasteiger partial charge in [0.25, 0.3) is 0 Å². The molecule has 1 N–H and O–H groups in total. The first-order valence-electron chi connectivity index (χ1n) is 7.18. The van der Waals surface area contributed by atoms with E-state index in [9.17, 15) is 4.79 Å². The lowest BCUT2D eigenvalue weighted by atomic mass is 10.1. The normalized spacial score (nSPS) is 10.8. The van der Waals surface area contributed by atoms with Gasteiger partial charge in [-0.15, -0.1) is 11.3 Å². The number of thiazole rings is 1. The van der Waals surface area contributed by atoms with Crippen LogP contribution < -0.4 is 10.1 Å². The summed E-state index contributed by atoms with van der Waals surface area (Å²) in [5, 5.41) is 4.75. The molecule has 0 fully saturated rings. The highest BCUT2D eigenvalue weighted by atomic mass is 32.1. The first kappa shape index (κ1) is 15.4. The van der Waals surface area contributed by atoms with Crippen molar-refractivity contribution < 1.29 is 9.53 Å². The minimum Gasteiger partial charge on any atom is -0.494 e. The van der Waals surface area contributed by atoms with Crippen molar-refractivity contribution in [2.45, 2.75) is 20.8 Å². The summed E-state index contributed by atoms with van der Waals surface area (Å²) in [6.07, 6.45) is 1.83. The Balaban J connectivity index is 2.28. The minimum absolute atomic E-state index is 0.113. The van der Waals surface area contributed by atoms with Crippen molar-refractivity contribution >= 4 is 33.8 Å². The Morgan fingerprint density at radius 2 is 2.09 bits per heavy atom. The fraction of sp³-hybridized carbons (Fsp3) is 0.235. The summed E-state index contributed by atoms with van der Waals surface area (Å²) in [7, 11) is 1.62. The summed E-state index contributed by atoms with van der Waals surface area (Å²) in [5.74, 6) is 0.568. The van der Waals surface area contributed by atoms with Crippen LogP contribution in [0.1, 0.15) is 17.5 Å². The van der Waals surface area contributed by atoms with Crippen molar-refractivity contribution in [3.8, 4) is 16.3 Å². The van der Waals surface area contributed by atoms with Gasteiger partial charge in [-0.3, -0.25) is 4.79 Å². The van der Waals surface area contributed by atoms with E-state index in [0.717, 1.165) is 37.7 Å². The number of nitrogens with one attached hydrogen (secondary N) is 1. The molecule has 3 rings (SSSR count). The topological polar surface area (TPSA) is 64.1 Å². The lowest BCUT2D eigenvalue weighted by Gasteiger charge is -2.13. The van der Waals surface area contributed by atoms with Crippen LogP contribution in [0.5, 0.6) is 5.75 Å². The monoisotopic (exact) mass is 327 g/mol. The van der Waals surface area contributed by atoms with Crippen molar-refractivity contribution in [3.05, 3.63) is 35.0 Å². The van der Waals surface area contributed by atoms with Gasteiger partial charge in [0.1, 0.15) is 11.3 Å². The van der Waals surface area contributed by atoms with Gasteiger partial charge in [-0.25, -0.2) is 9.97 Å². The van der Waals surface area contributed by atoms with E-state index in [1.54, 1.807) is 18.4 Å². The van der Waals surface area contributed by atoms with Crippen molar-refractivity contribution in [2.24, 2.45) is 0 Å². The second-order valence-corrected chi connectivity index (χ2v) is 6.52.